The molecule has 0 amide bonds. The number of unbranched alkanes of at least 4 members (excludes halogenated alkanes) is 5. The van der Waals surface area contributed by atoms with Crippen molar-refractivity contribution in [2.24, 2.45) is 0 Å². The maximum atomic E-state index is 11.9. The minimum atomic E-state index is -0.256. The summed E-state index contributed by atoms with van der Waals surface area (Å²) in [7, 11) is 0. The van der Waals surface area contributed by atoms with E-state index >= 15 is 0 Å². The van der Waals surface area contributed by atoms with E-state index in [4.69, 9.17) is 16.3 Å². The standard InChI is InChI=1S/C17H25ClO2/c1-3-4-5-6-7-8-12-20-17(19)14(2)15-10-9-11-16(18)13-15/h9-11,13-14H,3-8,12H2,1-2H3. The molecule has 0 saturated carbocycles. The van der Waals surface area contributed by atoms with Crippen molar-refractivity contribution in [2.45, 2.75) is 58.3 Å². The largest absolute Gasteiger partial charge is 0.465 e. The molecule has 112 valence electrons. The highest BCUT2D eigenvalue weighted by molar-refractivity contribution is 6.30. The van der Waals surface area contributed by atoms with Crippen molar-refractivity contribution < 1.29 is 9.53 Å². The third-order valence-electron chi connectivity index (χ3n) is 3.44. The summed E-state index contributed by atoms with van der Waals surface area (Å²) in [5.74, 6) is -0.422. The van der Waals surface area contributed by atoms with Gasteiger partial charge in [-0.15, -0.1) is 0 Å². The molecule has 0 saturated heterocycles. The highest BCUT2D eigenvalue weighted by atomic mass is 35.5. The number of halogens is 1. The third-order valence-corrected chi connectivity index (χ3v) is 3.68. The van der Waals surface area contributed by atoms with Gasteiger partial charge in [-0.25, -0.2) is 0 Å². The number of esters is 1. The Bertz CT molecular complexity index is 404. The quantitative estimate of drug-likeness (QED) is 0.454. The van der Waals surface area contributed by atoms with Gasteiger partial charge in [-0.05, 0) is 31.0 Å². The van der Waals surface area contributed by atoms with Crippen LogP contribution in [0.4, 0.5) is 0 Å². The van der Waals surface area contributed by atoms with Crippen molar-refractivity contribution in [2.75, 3.05) is 6.61 Å². The lowest BCUT2D eigenvalue weighted by Crippen LogP contribution is -2.14. The minimum Gasteiger partial charge on any atom is -0.465 e. The van der Waals surface area contributed by atoms with Gasteiger partial charge in [-0.3, -0.25) is 4.79 Å². The SMILES string of the molecule is CCCCCCCCOC(=O)C(C)c1cccc(Cl)c1. The van der Waals surface area contributed by atoms with Crippen LogP contribution in [0.3, 0.4) is 0 Å². The Balaban J connectivity index is 2.22. The van der Waals surface area contributed by atoms with E-state index in [1.807, 2.05) is 25.1 Å². The third kappa shape index (κ3) is 6.42. The maximum absolute atomic E-state index is 11.9. The fourth-order valence-electron chi connectivity index (χ4n) is 2.09. The van der Waals surface area contributed by atoms with Gasteiger partial charge in [0, 0.05) is 5.02 Å². The first-order chi connectivity index (χ1) is 9.65. The van der Waals surface area contributed by atoms with Crippen LogP contribution in [-0.2, 0) is 9.53 Å². The van der Waals surface area contributed by atoms with E-state index < -0.39 is 0 Å². The smallest absolute Gasteiger partial charge is 0.313 e. The molecule has 2 nitrogen and oxygen atoms in total. The topological polar surface area (TPSA) is 26.3 Å². The van der Waals surface area contributed by atoms with Crippen LogP contribution in [0.1, 0.15) is 63.9 Å². The van der Waals surface area contributed by atoms with E-state index in [1.54, 1.807) is 6.07 Å². The fraction of sp³-hybridized carbons (Fsp3) is 0.588. The molecule has 0 radical (unpaired) electrons. The van der Waals surface area contributed by atoms with Gasteiger partial charge in [0.1, 0.15) is 0 Å². The monoisotopic (exact) mass is 296 g/mol. The highest BCUT2D eigenvalue weighted by Gasteiger charge is 2.16. The molecule has 0 bridgehead atoms. The van der Waals surface area contributed by atoms with E-state index in [1.165, 1.54) is 25.7 Å². The van der Waals surface area contributed by atoms with E-state index in [0.29, 0.717) is 11.6 Å². The molecule has 0 aliphatic heterocycles. The molecule has 0 N–H and O–H groups in total. The molecule has 1 aromatic rings. The molecule has 1 unspecified atom stereocenters. The molecule has 3 heteroatoms. The summed E-state index contributed by atoms with van der Waals surface area (Å²) in [5.41, 5.74) is 0.908. The first-order valence-corrected chi connectivity index (χ1v) is 7.95. The molecule has 0 aromatic heterocycles. The number of hydrogen-bond donors (Lipinski definition) is 0. The highest BCUT2D eigenvalue weighted by Crippen LogP contribution is 2.20. The Morgan fingerprint density at radius 2 is 1.90 bits per heavy atom. The van der Waals surface area contributed by atoms with Crippen LogP contribution in [0.25, 0.3) is 0 Å². The molecular weight excluding hydrogens is 272 g/mol. The molecule has 0 aliphatic carbocycles. The average Bonchev–Trinajstić information content (AvgIpc) is 2.45. The van der Waals surface area contributed by atoms with Crippen LogP contribution in [0.5, 0.6) is 0 Å². The lowest BCUT2D eigenvalue weighted by molar-refractivity contribution is -0.145. The predicted molar refractivity (Wildman–Crippen MR) is 84.2 cm³/mol. The first kappa shape index (κ1) is 17.0. The van der Waals surface area contributed by atoms with Gasteiger partial charge in [-0.2, -0.15) is 0 Å². The Morgan fingerprint density at radius 3 is 2.60 bits per heavy atom. The lowest BCUT2D eigenvalue weighted by Gasteiger charge is -2.12. The number of rotatable bonds is 9. The summed E-state index contributed by atoms with van der Waals surface area (Å²) in [6.07, 6.45) is 7.16. The van der Waals surface area contributed by atoms with Crippen molar-refractivity contribution in [3.8, 4) is 0 Å². The van der Waals surface area contributed by atoms with Crippen molar-refractivity contribution in [3.05, 3.63) is 34.9 Å². The molecule has 1 aromatic carbocycles. The van der Waals surface area contributed by atoms with Crippen LogP contribution in [0, 0.1) is 0 Å². The molecule has 20 heavy (non-hydrogen) atoms. The van der Waals surface area contributed by atoms with Gasteiger partial charge < -0.3 is 4.74 Å². The normalized spacial score (nSPS) is 12.2. The zero-order valence-electron chi connectivity index (χ0n) is 12.5. The summed E-state index contributed by atoms with van der Waals surface area (Å²) in [6, 6.07) is 7.38. The summed E-state index contributed by atoms with van der Waals surface area (Å²) in [5, 5.41) is 0.651. The number of ether oxygens (including phenoxy) is 1. The minimum absolute atomic E-state index is 0.166. The summed E-state index contributed by atoms with van der Waals surface area (Å²) in [4.78, 5) is 11.9. The van der Waals surface area contributed by atoms with Gasteiger partial charge in [0.15, 0.2) is 0 Å². The molecule has 0 heterocycles. The second-order valence-electron chi connectivity index (χ2n) is 5.21. The predicted octanol–water partition coefficient (Wildman–Crippen LogP) is 5.35. The van der Waals surface area contributed by atoms with Gasteiger partial charge in [0.25, 0.3) is 0 Å². The Kier molecular flexibility index (Phi) is 8.36. The zero-order chi connectivity index (χ0) is 14.8. The molecule has 0 fully saturated rings. The van der Waals surface area contributed by atoms with Gasteiger partial charge >= 0.3 is 5.97 Å². The molecule has 0 aliphatic rings. The van der Waals surface area contributed by atoms with Crippen LogP contribution in [0.15, 0.2) is 24.3 Å². The zero-order valence-corrected chi connectivity index (χ0v) is 13.3. The maximum Gasteiger partial charge on any atom is 0.313 e. The Hall–Kier alpha value is -1.02. The molecule has 0 spiro atoms. The van der Waals surface area contributed by atoms with Crippen molar-refractivity contribution in [3.63, 3.8) is 0 Å². The van der Waals surface area contributed by atoms with Crippen LogP contribution in [0.2, 0.25) is 5.02 Å². The number of benzene rings is 1. The Morgan fingerprint density at radius 1 is 1.20 bits per heavy atom. The summed E-state index contributed by atoms with van der Waals surface area (Å²) < 4.78 is 5.32. The first-order valence-electron chi connectivity index (χ1n) is 7.57. The summed E-state index contributed by atoms with van der Waals surface area (Å²) in [6.45, 7) is 4.59. The number of carbonyl (C=O) groups is 1. The lowest BCUT2D eigenvalue weighted by atomic mass is 10.0. The fourth-order valence-corrected chi connectivity index (χ4v) is 2.29. The van der Waals surface area contributed by atoms with E-state index in [-0.39, 0.29) is 11.9 Å². The second-order valence-corrected chi connectivity index (χ2v) is 5.65. The molecule has 1 rings (SSSR count). The van der Waals surface area contributed by atoms with Gasteiger partial charge in [-0.1, -0.05) is 62.8 Å². The average molecular weight is 297 g/mol. The second kappa shape index (κ2) is 9.82. The van der Waals surface area contributed by atoms with Crippen LogP contribution >= 0.6 is 11.6 Å². The molecular formula is C17H25ClO2. The van der Waals surface area contributed by atoms with Crippen molar-refractivity contribution in [1.29, 1.82) is 0 Å². The number of carbonyl (C=O) groups excluding carboxylic acids is 1. The van der Waals surface area contributed by atoms with E-state index in [0.717, 1.165) is 18.4 Å². The van der Waals surface area contributed by atoms with Crippen LogP contribution < -0.4 is 0 Å². The van der Waals surface area contributed by atoms with Crippen molar-refractivity contribution >= 4 is 17.6 Å². The van der Waals surface area contributed by atoms with Gasteiger partial charge in [0.05, 0.1) is 12.5 Å². The number of hydrogen-bond acceptors (Lipinski definition) is 2. The Labute approximate surface area is 127 Å². The van der Waals surface area contributed by atoms with E-state index in [9.17, 15) is 4.79 Å². The van der Waals surface area contributed by atoms with E-state index in [2.05, 4.69) is 6.92 Å². The van der Waals surface area contributed by atoms with Crippen LogP contribution in [-0.4, -0.2) is 12.6 Å². The summed E-state index contributed by atoms with van der Waals surface area (Å²) >= 11 is 5.93. The van der Waals surface area contributed by atoms with Crippen molar-refractivity contribution in [1.82, 2.24) is 0 Å². The van der Waals surface area contributed by atoms with Gasteiger partial charge in [0.2, 0.25) is 0 Å². The molecule has 1 atom stereocenters.